The summed E-state index contributed by atoms with van der Waals surface area (Å²) in [6.45, 7) is 22.4. The van der Waals surface area contributed by atoms with E-state index < -0.39 is 39.5 Å². The summed E-state index contributed by atoms with van der Waals surface area (Å²) in [4.78, 5) is 19.0. The molecule has 0 saturated heterocycles. The van der Waals surface area contributed by atoms with Crippen molar-refractivity contribution in [3.05, 3.63) is 10.9 Å². The van der Waals surface area contributed by atoms with Crippen LogP contribution in [0, 0.1) is 0 Å². The monoisotopic (exact) mass is 606 g/mol. The SMILES string of the molecule is C/C([B]N(C(C)C)C(C)C)=C(\C)[B]N(C(C)C)C(C)C.[CH3][Sn]([CH3])[CH3].[CH3][Sn]([CH3])[CH3]. The Kier molecular flexibility index (Phi) is 23.2. The van der Waals surface area contributed by atoms with Crippen molar-refractivity contribution in [3.8, 4) is 0 Å². The molecule has 0 unspecified atom stereocenters. The van der Waals surface area contributed by atoms with Crippen LogP contribution in [0.1, 0.15) is 69.2 Å². The second-order valence-electron chi connectivity index (χ2n) is 9.89. The molecule has 0 aromatic carbocycles. The summed E-state index contributed by atoms with van der Waals surface area (Å²) >= 11 is -1.09. The van der Waals surface area contributed by atoms with Gasteiger partial charge in [-0.05, 0) is 24.2 Å². The molecule has 0 spiro atoms. The number of allylic oxidation sites excluding steroid dienone is 2. The van der Waals surface area contributed by atoms with Crippen LogP contribution in [-0.2, 0) is 0 Å². The molecule has 0 aromatic rings. The van der Waals surface area contributed by atoms with E-state index in [2.05, 4.69) is 123 Å². The van der Waals surface area contributed by atoms with Gasteiger partial charge in [0, 0.05) is 0 Å². The van der Waals surface area contributed by atoms with E-state index in [1.165, 1.54) is 10.9 Å². The molecule has 28 heavy (non-hydrogen) atoms. The first-order valence-corrected chi connectivity index (χ1v) is 28.1. The van der Waals surface area contributed by atoms with Gasteiger partial charge in [-0.3, -0.25) is 0 Å². The minimum atomic E-state index is -0.543. The third-order valence-corrected chi connectivity index (χ3v) is 3.69. The summed E-state index contributed by atoms with van der Waals surface area (Å²) < 4.78 is 0. The molecule has 4 radical (unpaired) electrons. The van der Waals surface area contributed by atoms with Crippen LogP contribution in [0.4, 0.5) is 0 Å². The molecule has 0 fully saturated rings. The van der Waals surface area contributed by atoms with Crippen molar-refractivity contribution >= 4 is 54.3 Å². The van der Waals surface area contributed by atoms with Gasteiger partial charge in [-0.25, -0.2) is 0 Å². The molecule has 0 atom stereocenters. The van der Waals surface area contributed by atoms with Crippen LogP contribution in [-0.4, -0.2) is 88.1 Å². The summed E-state index contributed by atoms with van der Waals surface area (Å²) in [7, 11) is 4.61. The molecule has 0 bridgehead atoms. The van der Waals surface area contributed by atoms with Gasteiger partial charge in [-0.15, -0.1) is 10.9 Å². The summed E-state index contributed by atoms with van der Waals surface area (Å²) in [6.07, 6.45) is 0. The van der Waals surface area contributed by atoms with Crippen molar-refractivity contribution in [1.29, 1.82) is 0 Å². The Morgan fingerprint density at radius 3 is 0.750 bits per heavy atom. The average Bonchev–Trinajstić information content (AvgIpc) is 2.47. The van der Waals surface area contributed by atoms with E-state index in [0.29, 0.717) is 24.2 Å². The summed E-state index contributed by atoms with van der Waals surface area (Å²) in [5.41, 5.74) is 2.69. The van der Waals surface area contributed by atoms with E-state index in [4.69, 9.17) is 0 Å². The van der Waals surface area contributed by atoms with Crippen LogP contribution in [0.5, 0.6) is 0 Å². The van der Waals surface area contributed by atoms with Crippen molar-refractivity contribution in [2.24, 2.45) is 0 Å². The number of hydrogen-bond acceptors (Lipinski definition) is 2. The van der Waals surface area contributed by atoms with Gasteiger partial charge >= 0.3 is 69.2 Å². The van der Waals surface area contributed by atoms with Crippen molar-refractivity contribution in [1.82, 2.24) is 9.62 Å². The van der Waals surface area contributed by atoms with E-state index in [1.807, 2.05) is 0 Å². The maximum absolute atomic E-state index is 2.42. The molecular formula is C22H52B2N2Sn2. The van der Waals surface area contributed by atoms with Crippen LogP contribution < -0.4 is 0 Å². The minimum absolute atomic E-state index is 0.532. The fourth-order valence-corrected chi connectivity index (χ4v) is 2.44. The molecule has 0 rings (SSSR count). The third-order valence-electron chi connectivity index (χ3n) is 3.69. The molecule has 164 valence electrons. The quantitative estimate of drug-likeness (QED) is 0.294. The Labute approximate surface area is 196 Å². The van der Waals surface area contributed by atoms with Crippen molar-refractivity contribution in [3.63, 3.8) is 0 Å². The fraction of sp³-hybridized carbons (Fsp3) is 0.909. The van der Waals surface area contributed by atoms with Crippen LogP contribution in [0.2, 0.25) is 29.6 Å². The van der Waals surface area contributed by atoms with Crippen LogP contribution in [0.25, 0.3) is 0 Å². The van der Waals surface area contributed by atoms with Gasteiger partial charge in [-0.1, -0.05) is 69.2 Å². The molecular weight excluding hydrogens is 551 g/mol. The van der Waals surface area contributed by atoms with E-state index in [-0.39, 0.29) is 0 Å². The average molecular weight is 604 g/mol. The Morgan fingerprint density at radius 1 is 0.500 bits per heavy atom. The molecule has 0 amide bonds. The molecule has 6 heteroatoms. The predicted molar refractivity (Wildman–Crippen MR) is 141 cm³/mol. The normalized spacial score (nSPS) is 12.6. The van der Waals surface area contributed by atoms with Gasteiger partial charge in [0.25, 0.3) is 0 Å². The first kappa shape index (κ1) is 34.0. The van der Waals surface area contributed by atoms with E-state index >= 15 is 0 Å². The first-order valence-electron chi connectivity index (χ1n) is 11.0. The van der Waals surface area contributed by atoms with Gasteiger partial charge in [0.15, 0.2) is 0 Å². The number of hydrogen-bond donors (Lipinski definition) is 0. The van der Waals surface area contributed by atoms with Gasteiger partial charge in [-0.2, -0.15) is 0 Å². The Bertz CT molecular complexity index is 338. The predicted octanol–water partition coefficient (Wildman–Crippen LogP) is 6.46. The van der Waals surface area contributed by atoms with Crippen molar-refractivity contribution in [2.45, 2.75) is 123 Å². The van der Waals surface area contributed by atoms with Crippen LogP contribution in [0.15, 0.2) is 10.9 Å². The molecule has 0 saturated carbocycles. The van der Waals surface area contributed by atoms with Gasteiger partial charge in [0.05, 0.1) is 0 Å². The van der Waals surface area contributed by atoms with E-state index in [1.54, 1.807) is 0 Å². The van der Waals surface area contributed by atoms with E-state index in [0.717, 1.165) is 0 Å². The molecule has 0 aliphatic carbocycles. The number of nitrogens with zero attached hydrogens (tertiary/aromatic N) is 2. The van der Waals surface area contributed by atoms with Gasteiger partial charge in [0.1, 0.15) is 0 Å². The molecule has 0 N–H and O–H groups in total. The Hall–Kier alpha value is 1.39. The van der Waals surface area contributed by atoms with Gasteiger partial charge in [0.2, 0.25) is 14.8 Å². The fourth-order valence-electron chi connectivity index (χ4n) is 2.44. The molecule has 0 aliphatic heterocycles. The zero-order chi connectivity index (χ0) is 23.2. The van der Waals surface area contributed by atoms with Crippen molar-refractivity contribution in [2.75, 3.05) is 0 Å². The molecule has 0 aliphatic rings. The van der Waals surface area contributed by atoms with Crippen LogP contribution in [0.3, 0.4) is 0 Å². The molecule has 0 aromatic heterocycles. The topological polar surface area (TPSA) is 6.48 Å². The summed E-state index contributed by atoms with van der Waals surface area (Å²) in [6, 6.07) is 2.13. The van der Waals surface area contributed by atoms with Gasteiger partial charge < -0.3 is 9.62 Å². The third kappa shape index (κ3) is 22.1. The Morgan fingerprint density at radius 2 is 0.643 bits per heavy atom. The van der Waals surface area contributed by atoms with Crippen LogP contribution >= 0.6 is 0 Å². The molecule has 2 nitrogen and oxygen atoms in total. The Balaban J connectivity index is -0.000000656. The first-order chi connectivity index (χ1) is 12.5. The maximum atomic E-state index is 2.42. The summed E-state index contributed by atoms with van der Waals surface area (Å²) in [5, 5.41) is 0. The summed E-state index contributed by atoms with van der Waals surface area (Å²) in [5.74, 6) is 0. The standard InChI is InChI=1S/C16H34B2N2.6CH3.2Sn/c1-11(2)19(12(3)4)17-15(9)16(10)18-20(13(5)6)14(7)8;;;;;;;;/h11-14H,1-10H3;6*1H3;;/b16-15-;;;;;;;;. The second-order valence-corrected chi connectivity index (χ2v) is 27.0. The second kappa shape index (κ2) is 19.1. The number of rotatable bonds is 8. The zero-order valence-corrected chi connectivity index (χ0v) is 28.1. The zero-order valence-electron chi connectivity index (χ0n) is 22.4. The van der Waals surface area contributed by atoms with Crippen molar-refractivity contribution < 1.29 is 0 Å². The van der Waals surface area contributed by atoms with E-state index in [9.17, 15) is 0 Å². The molecule has 0 heterocycles.